The van der Waals surface area contributed by atoms with Gasteiger partial charge >= 0.3 is 0 Å². The normalized spacial score (nSPS) is 11.2. The van der Waals surface area contributed by atoms with E-state index in [1.807, 2.05) is 13.8 Å². The zero-order chi connectivity index (χ0) is 11.0. The van der Waals surface area contributed by atoms with Crippen molar-refractivity contribution in [3.63, 3.8) is 0 Å². The number of hydrogen-bond donors (Lipinski definition) is 1. The molecule has 0 fully saturated rings. The molecule has 3 nitrogen and oxygen atoms in total. The molecule has 0 amide bonds. The molecule has 0 atom stereocenters. The lowest BCUT2D eigenvalue weighted by Crippen LogP contribution is -2.13. The molecule has 78 valence electrons. The van der Waals surface area contributed by atoms with E-state index in [0.717, 1.165) is 0 Å². The first-order chi connectivity index (χ1) is 7.09. The highest BCUT2D eigenvalue weighted by Crippen LogP contribution is 2.19. The molecule has 4 heteroatoms. The topological polar surface area (TPSA) is 45.8 Å². The molecule has 1 N–H and O–H groups in total. The van der Waals surface area contributed by atoms with E-state index in [4.69, 9.17) is 11.6 Å². The second kappa shape index (κ2) is 3.66. The van der Waals surface area contributed by atoms with Gasteiger partial charge in [-0.05, 0) is 12.1 Å². The molecule has 15 heavy (non-hydrogen) atoms. The molecule has 2 aromatic rings. The zero-order valence-electron chi connectivity index (χ0n) is 8.54. The second-order valence-corrected chi connectivity index (χ2v) is 4.15. The van der Waals surface area contributed by atoms with E-state index in [1.54, 1.807) is 18.2 Å². The van der Waals surface area contributed by atoms with Crippen molar-refractivity contribution in [3.05, 3.63) is 39.4 Å². The Hall–Kier alpha value is -1.35. The van der Waals surface area contributed by atoms with Crippen LogP contribution in [0.3, 0.4) is 0 Å². The number of aromatic amines is 1. The van der Waals surface area contributed by atoms with Gasteiger partial charge in [-0.1, -0.05) is 31.5 Å². The van der Waals surface area contributed by atoms with Crippen LogP contribution in [0.25, 0.3) is 10.9 Å². The van der Waals surface area contributed by atoms with Gasteiger partial charge in [0, 0.05) is 5.92 Å². The van der Waals surface area contributed by atoms with Gasteiger partial charge in [0.25, 0.3) is 5.56 Å². The molecular weight excluding hydrogens is 212 g/mol. The maximum atomic E-state index is 11.7. The predicted octanol–water partition coefficient (Wildman–Crippen LogP) is 2.70. The zero-order valence-corrected chi connectivity index (χ0v) is 9.30. The van der Waals surface area contributed by atoms with E-state index >= 15 is 0 Å². The summed E-state index contributed by atoms with van der Waals surface area (Å²) in [7, 11) is 0. The predicted molar refractivity (Wildman–Crippen MR) is 61.5 cm³/mol. The van der Waals surface area contributed by atoms with Gasteiger partial charge in [-0.15, -0.1) is 0 Å². The van der Waals surface area contributed by atoms with Crippen LogP contribution >= 0.6 is 11.6 Å². The number of nitrogens with zero attached hydrogens (tertiary/aromatic N) is 1. The molecule has 1 aromatic carbocycles. The number of rotatable bonds is 1. The van der Waals surface area contributed by atoms with Gasteiger partial charge in [-0.3, -0.25) is 4.79 Å². The van der Waals surface area contributed by atoms with E-state index in [-0.39, 0.29) is 11.5 Å². The van der Waals surface area contributed by atoms with Gasteiger partial charge in [-0.25, -0.2) is 4.98 Å². The smallest absolute Gasteiger partial charge is 0.260 e. The summed E-state index contributed by atoms with van der Waals surface area (Å²) in [6.07, 6.45) is 0. The Kier molecular flexibility index (Phi) is 2.49. The van der Waals surface area contributed by atoms with Crippen molar-refractivity contribution in [2.45, 2.75) is 19.8 Å². The van der Waals surface area contributed by atoms with Crippen molar-refractivity contribution in [2.75, 3.05) is 0 Å². The molecule has 0 aliphatic carbocycles. The number of benzene rings is 1. The standard InChI is InChI=1S/C11H11ClN2O/c1-6(2)10-13-8-5-3-4-7(12)9(8)11(15)14-10/h3-6H,1-2H3,(H,13,14,15). The molecule has 0 unspecified atom stereocenters. The highest BCUT2D eigenvalue weighted by atomic mass is 35.5. The van der Waals surface area contributed by atoms with E-state index < -0.39 is 0 Å². The average molecular weight is 223 g/mol. The third kappa shape index (κ3) is 1.75. The fourth-order valence-corrected chi connectivity index (χ4v) is 1.70. The largest absolute Gasteiger partial charge is 0.310 e. The number of hydrogen-bond acceptors (Lipinski definition) is 2. The van der Waals surface area contributed by atoms with Crippen LogP contribution in [0.1, 0.15) is 25.6 Å². The first kappa shape index (κ1) is 10.2. The molecule has 0 radical (unpaired) electrons. The van der Waals surface area contributed by atoms with Gasteiger partial charge in [0.1, 0.15) is 5.82 Å². The summed E-state index contributed by atoms with van der Waals surface area (Å²) in [5.41, 5.74) is 0.476. The number of H-pyrrole nitrogens is 1. The van der Waals surface area contributed by atoms with Gasteiger partial charge in [-0.2, -0.15) is 0 Å². The maximum Gasteiger partial charge on any atom is 0.260 e. The summed E-state index contributed by atoms with van der Waals surface area (Å²) in [6.45, 7) is 3.96. The molecule has 0 saturated heterocycles. The second-order valence-electron chi connectivity index (χ2n) is 3.74. The van der Waals surface area contributed by atoms with Gasteiger partial charge < -0.3 is 4.98 Å². The van der Waals surface area contributed by atoms with Crippen molar-refractivity contribution in [1.82, 2.24) is 9.97 Å². The molecule has 0 aliphatic rings. The summed E-state index contributed by atoms with van der Waals surface area (Å²) >= 11 is 5.93. The Morgan fingerprint density at radius 1 is 1.40 bits per heavy atom. The summed E-state index contributed by atoms with van der Waals surface area (Å²) in [5, 5.41) is 0.903. The lowest BCUT2D eigenvalue weighted by molar-refractivity contribution is 0.776. The summed E-state index contributed by atoms with van der Waals surface area (Å²) in [6, 6.07) is 5.28. The molecule has 1 aromatic heterocycles. The Labute approximate surface area is 92.1 Å². The Bertz CT molecular complexity index is 560. The minimum absolute atomic E-state index is 0.172. The number of fused-ring (bicyclic) bond motifs is 1. The summed E-state index contributed by atoms with van der Waals surface area (Å²) < 4.78 is 0. The molecule has 0 saturated carbocycles. The monoisotopic (exact) mass is 222 g/mol. The highest BCUT2D eigenvalue weighted by molar-refractivity contribution is 6.35. The average Bonchev–Trinajstić information content (AvgIpc) is 2.17. The number of halogens is 1. The third-order valence-corrected chi connectivity index (χ3v) is 2.56. The van der Waals surface area contributed by atoms with E-state index in [9.17, 15) is 4.79 Å². The molecule has 0 spiro atoms. The lowest BCUT2D eigenvalue weighted by Gasteiger charge is -2.05. The van der Waals surface area contributed by atoms with Crippen LogP contribution in [0.15, 0.2) is 23.0 Å². The lowest BCUT2D eigenvalue weighted by atomic mass is 10.2. The van der Waals surface area contributed by atoms with E-state index in [2.05, 4.69) is 9.97 Å². The molecule has 2 rings (SSSR count). The quantitative estimate of drug-likeness (QED) is 0.807. The fraction of sp³-hybridized carbons (Fsp3) is 0.273. The van der Waals surface area contributed by atoms with Crippen molar-refractivity contribution in [1.29, 1.82) is 0 Å². The molecule has 0 bridgehead atoms. The fourth-order valence-electron chi connectivity index (χ4n) is 1.44. The number of aromatic nitrogens is 2. The Morgan fingerprint density at radius 3 is 2.80 bits per heavy atom. The first-order valence-electron chi connectivity index (χ1n) is 4.78. The van der Waals surface area contributed by atoms with Crippen molar-refractivity contribution >= 4 is 22.5 Å². The summed E-state index contributed by atoms with van der Waals surface area (Å²) in [4.78, 5) is 18.8. The molecule has 0 aliphatic heterocycles. The van der Waals surface area contributed by atoms with Crippen LogP contribution in [-0.2, 0) is 0 Å². The van der Waals surface area contributed by atoms with Crippen molar-refractivity contribution in [3.8, 4) is 0 Å². The Balaban J connectivity index is 2.85. The molecule has 1 heterocycles. The van der Waals surface area contributed by atoms with Crippen LogP contribution in [0, 0.1) is 0 Å². The maximum absolute atomic E-state index is 11.7. The van der Waals surface area contributed by atoms with Gasteiger partial charge in [0.15, 0.2) is 0 Å². The summed E-state index contributed by atoms with van der Waals surface area (Å²) in [5.74, 6) is 0.885. The van der Waals surface area contributed by atoms with Crippen LogP contribution in [0.2, 0.25) is 5.02 Å². The van der Waals surface area contributed by atoms with Gasteiger partial charge in [0.2, 0.25) is 0 Å². The highest BCUT2D eigenvalue weighted by Gasteiger charge is 2.08. The van der Waals surface area contributed by atoms with Crippen LogP contribution in [-0.4, -0.2) is 9.97 Å². The van der Waals surface area contributed by atoms with Crippen LogP contribution in [0.5, 0.6) is 0 Å². The van der Waals surface area contributed by atoms with Crippen molar-refractivity contribution in [2.24, 2.45) is 0 Å². The van der Waals surface area contributed by atoms with Crippen LogP contribution in [0.4, 0.5) is 0 Å². The van der Waals surface area contributed by atoms with E-state index in [0.29, 0.717) is 21.7 Å². The van der Waals surface area contributed by atoms with Crippen LogP contribution < -0.4 is 5.56 Å². The SMILES string of the molecule is CC(C)c1nc2cccc(Cl)c2c(=O)[nH]1. The van der Waals surface area contributed by atoms with Gasteiger partial charge in [0.05, 0.1) is 15.9 Å². The minimum Gasteiger partial charge on any atom is -0.310 e. The first-order valence-corrected chi connectivity index (χ1v) is 5.16. The van der Waals surface area contributed by atoms with Crippen molar-refractivity contribution < 1.29 is 0 Å². The van der Waals surface area contributed by atoms with E-state index in [1.165, 1.54) is 0 Å². The molecular formula is C11H11ClN2O. The Morgan fingerprint density at radius 2 is 2.13 bits per heavy atom. The third-order valence-electron chi connectivity index (χ3n) is 2.25. The minimum atomic E-state index is -0.172. The number of nitrogens with one attached hydrogen (secondary N) is 1.